The standard InChI is InChI=1S/C12H10F2N2O/c13-12(14,10-4-2-1-3-5-10)9-16-7-6-15-11(16)8-17/h1-8H,9H2. The molecule has 0 aliphatic carbocycles. The fourth-order valence-electron chi connectivity index (χ4n) is 1.56. The number of rotatable bonds is 4. The van der Waals surface area contributed by atoms with Crippen molar-refractivity contribution in [3.05, 3.63) is 54.1 Å². The molecular weight excluding hydrogens is 226 g/mol. The first-order chi connectivity index (χ1) is 8.13. The number of aldehydes is 1. The van der Waals surface area contributed by atoms with Crippen LogP contribution in [0.25, 0.3) is 0 Å². The van der Waals surface area contributed by atoms with Gasteiger partial charge >= 0.3 is 0 Å². The molecule has 0 bridgehead atoms. The number of imidazole rings is 1. The van der Waals surface area contributed by atoms with E-state index in [2.05, 4.69) is 4.98 Å². The van der Waals surface area contributed by atoms with E-state index in [1.165, 1.54) is 24.5 Å². The Morgan fingerprint density at radius 1 is 1.29 bits per heavy atom. The van der Waals surface area contributed by atoms with E-state index in [9.17, 15) is 13.6 Å². The Bertz CT molecular complexity index is 508. The largest absolute Gasteiger partial charge is 0.322 e. The van der Waals surface area contributed by atoms with Crippen LogP contribution in [-0.2, 0) is 12.5 Å². The zero-order chi connectivity index (χ0) is 12.3. The Kier molecular flexibility index (Phi) is 2.99. The highest BCUT2D eigenvalue weighted by molar-refractivity contribution is 5.69. The van der Waals surface area contributed by atoms with E-state index < -0.39 is 12.5 Å². The van der Waals surface area contributed by atoms with Crippen LogP contribution in [0.15, 0.2) is 42.7 Å². The van der Waals surface area contributed by atoms with Crippen LogP contribution in [-0.4, -0.2) is 15.8 Å². The van der Waals surface area contributed by atoms with Gasteiger partial charge in [-0.1, -0.05) is 30.3 Å². The van der Waals surface area contributed by atoms with Crippen LogP contribution in [0.2, 0.25) is 0 Å². The molecular formula is C12H10F2N2O. The summed E-state index contributed by atoms with van der Waals surface area (Å²) in [6.45, 7) is -0.592. The van der Waals surface area contributed by atoms with E-state index in [1.807, 2.05) is 0 Å². The number of carbonyl (C=O) groups is 1. The molecule has 0 spiro atoms. The van der Waals surface area contributed by atoms with Crippen molar-refractivity contribution < 1.29 is 13.6 Å². The van der Waals surface area contributed by atoms with Crippen LogP contribution in [0.5, 0.6) is 0 Å². The number of aromatic nitrogens is 2. The van der Waals surface area contributed by atoms with Crippen molar-refractivity contribution in [3.8, 4) is 0 Å². The molecule has 0 radical (unpaired) electrons. The molecule has 0 aliphatic rings. The van der Waals surface area contributed by atoms with E-state index in [4.69, 9.17) is 0 Å². The minimum Gasteiger partial charge on any atom is -0.322 e. The van der Waals surface area contributed by atoms with Gasteiger partial charge in [-0.05, 0) is 0 Å². The summed E-state index contributed by atoms with van der Waals surface area (Å²) in [4.78, 5) is 14.3. The van der Waals surface area contributed by atoms with Crippen molar-refractivity contribution in [1.82, 2.24) is 9.55 Å². The Hall–Kier alpha value is -2.04. The molecule has 2 aromatic rings. The highest BCUT2D eigenvalue weighted by Crippen LogP contribution is 2.29. The summed E-state index contributed by atoms with van der Waals surface area (Å²) >= 11 is 0. The maximum absolute atomic E-state index is 13.9. The van der Waals surface area contributed by atoms with Crippen LogP contribution in [0.4, 0.5) is 8.78 Å². The van der Waals surface area contributed by atoms with Crippen LogP contribution in [0.1, 0.15) is 16.2 Å². The van der Waals surface area contributed by atoms with Crippen molar-refractivity contribution in [2.45, 2.75) is 12.5 Å². The van der Waals surface area contributed by atoms with Gasteiger partial charge in [-0.3, -0.25) is 4.79 Å². The predicted molar refractivity (Wildman–Crippen MR) is 58.0 cm³/mol. The zero-order valence-electron chi connectivity index (χ0n) is 8.88. The summed E-state index contributed by atoms with van der Waals surface area (Å²) in [6.07, 6.45) is 3.15. The molecule has 2 rings (SSSR count). The molecule has 1 aromatic carbocycles. The van der Waals surface area contributed by atoms with Gasteiger partial charge in [0.15, 0.2) is 12.1 Å². The van der Waals surface area contributed by atoms with Crippen molar-refractivity contribution in [2.24, 2.45) is 0 Å². The third kappa shape index (κ3) is 2.38. The summed E-state index contributed by atoms with van der Waals surface area (Å²) in [5.41, 5.74) is -0.0782. The van der Waals surface area contributed by atoms with E-state index in [1.54, 1.807) is 18.2 Å². The number of nitrogens with zero attached hydrogens (tertiary/aromatic N) is 2. The summed E-state index contributed by atoms with van der Waals surface area (Å²) in [5, 5.41) is 0. The summed E-state index contributed by atoms with van der Waals surface area (Å²) in [7, 11) is 0. The van der Waals surface area contributed by atoms with Crippen molar-refractivity contribution in [1.29, 1.82) is 0 Å². The highest BCUT2D eigenvalue weighted by Gasteiger charge is 2.32. The molecule has 0 N–H and O–H groups in total. The first-order valence-corrected chi connectivity index (χ1v) is 5.03. The molecule has 0 fully saturated rings. The van der Waals surface area contributed by atoms with Gasteiger partial charge in [0.05, 0.1) is 6.54 Å². The summed E-state index contributed by atoms with van der Waals surface area (Å²) in [6, 6.07) is 7.50. The molecule has 0 atom stereocenters. The second-order valence-electron chi connectivity index (χ2n) is 3.60. The molecule has 0 aliphatic heterocycles. The van der Waals surface area contributed by atoms with Gasteiger partial charge in [-0.2, -0.15) is 8.78 Å². The lowest BCUT2D eigenvalue weighted by atomic mass is 10.1. The first-order valence-electron chi connectivity index (χ1n) is 5.03. The van der Waals surface area contributed by atoms with Gasteiger partial charge in [-0.25, -0.2) is 4.98 Å². The molecule has 0 amide bonds. The normalized spacial score (nSPS) is 11.4. The number of hydrogen-bond donors (Lipinski definition) is 0. The molecule has 1 aromatic heterocycles. The second-order valence-corrected chi connectivity index (χ2v) is 3.60. The van der Waals surface area contributed by atoms with Gasteiger partial charge < -0.3 is 4.57 Å². The smallest absolute Gasteiger partial charge is 0.290 e. The number of halogens is 2. The molecule has 0 unspecified atom stereocenters. The van der Waals surface area contributed by atoms with Crippen molar-refractivity contribution in [3.63, 3.8) is 0 Å². The Morgan fingerprint density at radius 3 is 2.65 bits per heavy atom. The molecule has 5 heteroatoms. The van der Waals surface area contributed by atoms with Crippen LogP contribution < -0.4 is 0 Å². The minimum absolute atomic E-state index is 0.000561. The molecule has 0 saturated heterocycles. The van der Waals surface area contributed by atoms with Crippen LogP contribution >= 0.6 is 0 Å². The Balaban J connectivity index is 2.26. The predicted octanol–water partition coefficient (Wildman–Crippen LogP) is 2.49. The van der Waals surface area contributed by atoms with Crippen LogP contribution in [0, 0.1) is 0 Å². The lowest BCUT2D eigenvalue weighted by Crippen LogP contribution is -2.22. The van der Waals surface area contributed by atoms with Gasteiger partial charge in [0.2, 0.25) is 0 Å². The van der Waals surface area contributed by atoms with Crippen molar-refractivity contribution in [2.75, 3.05) is 0 Å². The van der Waals surface area contributed by atoms with E-state index in [-0.39, 0.29) is 11.4 Å². The average Bonchev–Trinajstić information content (AvgIpc) is 2.77. The molecule has 88 valence electrons. The van der Waals surface area contributed by atoms with Gasteiger partial charge in [0.1, 0.15) is 0 Å². The number of carbonyl (C=O) groups excluding carboxylic acids is 1. The third-order valence-electron chi connectivity index (χ3n) is 2.42. The maximum Gasteiger partial charge on any atom is 0.290 e. The summed E-state index contributed by atoms with van der Waals surface area (Å²) < 4.78 is 28.9. The molecule has 0 saturated carbocycles. The van der Waals surface area contributed by atoms with Gasteiger partial charge in [0.25, 0.3) is 5.92 Å². The molecule has 1 heterocycles. The van der Waals surface area contributed by atoms with Crippen molar-refractivity contribution >= 4 is 6.29 Å². The lowest BCUT2D eigenvalue weighted by molar-refractivity contribution is -0.0225. The highest BCUT2D eigenvalue weighted by atomic mass is 19.3. The second kappa shape index (κ2) is 4.45. The Morgan fingerprint density at radius 2 is 2.00 bits per heavy atom. The maximum atomic E-state index is 13.9. The SMILES string of the molecule is O=Cc1nccn1CC(F)(F)c1ccccc1. The topological polar surface area (TPSA) is 34.9 Å². The van der Waals surface area contributed by atoms with Gasteiger partial charge in [0, 0.05) is 18.0 Å². The third-order valence-corrected chi connectivity index (χ3v) is 2.42. The first kappa shape index (κ1) is 11.4. The van der Waals surface area contributed by atoms with Gasteiger partial charge in [-0.15, -0.1) is 0 Å². The van der Waals surface area contributed by atoms with Crippen LogP contribution in [0.3, 0.4) is 0 Å². The number of alkyl halides is 2. The lowest BCUT2D eigenvalue weighted by Gasteiger charge is -2.17. The number of hydrogen-bond acceptors (Lipinski definition) is 2. The average molecular weight is 236 g/mol. The minimum atomic E-state index is -3.03. The van der Waals surface area contributed by atoms with E-state index in [0.717, 1.165) is 4.57 Å². The Labute approximate surface area is 96.7 Å². The summed E-state index contributed by atoms with van der Waals surface area (Å²) in [5.74, 6) is -3.03. The fraction of sp³-hybridized carbons (Fsp3) is 0.167. The molecule has 17 heavy (non-hydrogen) atoms. The van der Waals surface area contributed by atoms with E-state index >= 15 is 0 Å². The monoisotopic (exact) mass is 236 g/mol. The quantitative estimate of drug-likeness (QED) is 0.764. The van der Waals surface area contributed by atoms with E-state index in [0.29, 0.717) is 6.29 Å². The number of benzene rings is 1. The fourth-order valence-corrected chi connectivity index (χ4v) is 1.56. The molecule has 3 nitrogen and oxygen atoms in total. The zero-order valence-corrected chi connectivity index (χ0v) is 8.88.